The van der Waals surface area contributed by atoms with Crippen LogP contribution in [0.5, 0.6) is 0 Å². The van der Waals surface area contributed by atoms with Crippen molar-refractivity contribution in [2.45, 2.75) is 26.4 Å². The number of hydrogen-bond donors (Lipinski definition) is 3. The predicted octanol–water partition coefficient (Wildman–Crippen LogP) is -0.200. The molecule has 0 aliphatic rings. The maximum absolute atomic E-state index is 11.6. The van der Waals surface area contributed by atoms with Gasteiger partial charge in [0.05, 0.1) is 11.7 Å². The lowest BCUT2D eigenvalue weighted by Crippen LogP contribution is -2.47. The number of rotatable bonds is 5. The summed E-state index contributed by atoms with van der Waals surface area (Å²) < 4.78 is 0. The highest BCUT2D eigenvalue weighted by Crippen LogP contribution is 1.92. The summed E-state index contributed by atoms with van der Waals surface area (Å²) in [5.41, 5.74) is 0.780. The molecule has 18 heavy (non-hydrogen) atoms. The number of hydrogen-bond acceptors (Lipinski definition) is 5. The maximum atomic E-state index is 11.6. The summed E-state index contributed by atoms with van der Waals surface area (Å²) in [6.45, 7) is 4.37. The van der Waals surface area contributed by atoms with Crippen LogP contribution in [-0.4, -0.2) is 34.5 Å². The summed E-state index contributed by atoms with van der Waals surface area (Å²) in [6, 6.07) is 0.780. The van der Waals surface area contributed by atoms with E-state index in [4.69, 9.17) is 0 Å². The number of imide groups is 1. The molecule has 1 unspecified atom stereocenters. The van der Waals surface area contributed by atoms with E-state index >= 15 is 0 Å². The third-order valence-corrected chi connectivity index (χ3v) is 2.20. The first-order valence-corrected chi connectivity index (χ1v) is 5.70. The second-order valence-electron chi connectivity index (χ2n) is 3.65. The van der Waals surface area contributed by atoms with E-state index in [2.05, 4.69) is 25.9 Å². The minimum Gasteiger partial charge on any atom is -0.338 e. The summed E-state index contributed by atoms with van der Waals surface area (Å²) in [7, 11) is 0. The zero-order valence-corrected chi connectivity index (χ0v) is 10.4. The van der Waals surface area contributed by atoms with E-state index in [1.54, 1.807) is 26.1 Å². The van der Waals surface area contributed by atoms with Gasteiger partial charge in [0.25, 0.3) is 0 Å². The van der Waals surface area contributed by atoms with Gasteiger partial charge in [0.1, 0.15) is 6.33 Å². The van der Waals surface area contributed by atoms with Crippen LogP contribution in [0, 0.1) is 0 Å². The minimum atomic E-state index is -0.488. The highest BCUT2D eigenvalue weighted by Gasteiger charge is 2.14. The van der Waals surface area contributed by atoms with Crippen molar-refractivity contribution in [1.29, 1.82) is 0 Å². The van der Waals surface area contributed by atoms with Crippen molar-refractivity contribution in [2.24, 2.45) is 0 Å². The highest BCUT2D eigenvalue weighted by molar-refractivity contribution is 5.96. The van der Waals surface area contributed by atoms with Crippen molar-refractivity contribution in [3.8, 4) is 0 Å². The zero-order valence-electron chi connectivity index (χ0n) is 10.4. The molecule has 1 atom stereocenters. The Labute approximate surface area is 105 Å². The standard InChI is InChI=1S/C11H17N5O2/c1-3-13-11(18)16-10(17)8(2)14-6-9-4-5-12-7-15-9/h4-5,7-8,14H,3,6H2,1-2H3,(H2,13,16,17,18). The first kappa shape index (κ1) is 14.0. The Morgan fingerprint density at radius 3 is 2.83 bits per heavy atom. The molecule has 0 aliphatic carbocycles. The largest absolute Gasteiger partial charge is 0.338 e. The van der Waals surface area contributed by atoms with Gasteiger partial charge in [-0.25, -0.2) is 14.8 Å². The molecule has 7 heteroatoms. The number of carbonyl (C=O) groups is 2. The molecule has 0 spiro atoms. The van der Waals surface area contributed by atoms with E-state index in [1.165, 1.54) is 6.33 Å². The maximum Gasteiger partial charge on any atom is 0.321 e. The van der Waals surface area contributed by atoms with Gasteiger partial charge in [-0.2, -0.15) is 0 Å². The van der Waals surface area contributed by atoms with Crippen molar-refractivity contribution in [3.05, 3.63) is 24.3 Å². The van der Waals surface area contributed by atoms with E-state index in [1.807, 2.05) is 0 Å². The van der Waals surface area contributed by atoms with Gasteiger partial charge in [0, 0.05) is 19.3 Å². The van der Waals surface area contributed by atoms with Crippen molar-refractivity contribution in [1.82, 2.24) is 25.9 Å². The zero-order chi connectivity index (χ0) is 13.4. The molecule has 1 rings (SSSR count). The number of nitrogens with zero attached hydrogens (tertiary/aromatic N) is 2. The molecule has 0 saturated carbocycles. The summed E-state index contributed by atoms with van der Waals surface area (Å²) in [6.07, 6.45) is 3.07. The quantitative estimate of drug-likeness (QED) is 0.673. The fraction of sp³-hybridized carbons (Fsp3) is 0.455. The van der Waals surface area contributed by atoms with Crippen LogP contribution in [0.3, 0.4) is 0 Å². The second kappa shape index (κ2) is 7.33. The number of urea groups is 1. The van der Waals surface area contributed by atoms with Crippen LogP contribution in [0.15, 0.2) is 18.6 Å². The van der Waals surface area contributed by atoms with Gasteiger partial charge in [-0.05, 0) is 19.9 Å². The first-order chi connectivity index (χ1) is 8.63. The van der Waals surface area contributed by atoms with Gasteiger partial charge >= 0.3 is 6.03 Å². The third-order valence-electron chi connectivity index (χ3n) is 2.20. The molecule has 0 fully saturated rings. The van der Waals surface area contributed by atoms with E-state index in [-0.39, 0.29) is 5.91 Å². The van der Waals surface area contributed by atoms with Crippen molar-refractivity contribution in [3.63, 3.8) is 0 Å². The molecule has 98 valence electrons. The monoisotopic (exact) mass is 251 g/mol. The molecule has 3 N–H and O–H groups in total. The second-order valence-corrected chi connectivity index (χ2v) is 3.65. The van der Waals surface area contributed by atoms with E-state index in [0.717, 1.165) is 5.69 Å². The summed E-state index contributed by atoms with van der Waals surface area (Å²) in [5.74, 6) is -0.380. The molecule has 1 aromatic rings. The van der Waals surface area contributed by atoms with Crippen molar-refractivity contribution >= 4 is 11.9 Å². The predicted molar refractivity (Wildman–Crippen MR) is 65.5 cm³/mol. The number of amides is 3. The Bertz CT molecular complexity index is 396. The molecule has 0 aromatic carbocycles. The molecule has 3 amide bonds. The Morgan fingerprint density at radius 1 is 1.44 bits per heavy atom. The molecule has 1 heterocycles. The normalized spacial score (nSPS) is 11.7. The van der Waals surface area contributed by atoms with Crippen LogP contribution in [0.4, 0.5) is 4.79 Å². The summed E-state index contributed by atoms with van der Waals surface area (Å²) in [5, 5.41) is 7.68. The van der Waals surface area contributed by atoms with Crippen LogP contribution < -0.4 is 16.0 Å². The molecular formula is C11H17N5O2. The van der Waals surface area contributed by atoms with Crippen LogP contribution in [0.1, 0.15) is 19.5 Å². The third kappa shape index (κ3) is 4.88. The summed E-state index contributed by atoms with van der Waals surface area (Å²) >= 11 is 0. The Hall–Kier alpha value is -2.02. The number of nitrogens with one attached hydrogen (secondary N) is 3. The van der Waals surface area contributed by atoms with Crippen LogP contribution in [0.2, 0.25) is 0 Å². The van der Waals surface area contributed by atoms with Crippen molar-refractivity contribution in [2.75, 3.05) is 6.54 Å². The van der Waals surface area contributed by atoms with Gasteiger partial charge in [-0.3, -0.25) is 10.1 Å². The molecule has 7 nitrogen and oxygen atoms in total. The van der Waals surface area contributed by atoms with Crippen LogP contribution >= 0.6 is 0 Å². The van der Waals surface area contributed by atoms with Crippen LogP contribution in [0.25, 0.3) is 0 Å². The lowest BCUT2D eigenvalue weighted by molar-refractivity contribution is -0.121. The van der Waals surface area contributed by atoms with Gasteiger partial charge in [0.2, 0.25) is 5.91 Å². The Kier molecular flexibility index (Phi) is 5.72. The van der Waals surface area contributed by atoms with Gasteiger partial charge in [-0.15, -0.1) is 0 Å². The lowest BCUT2D eigenvalue weighted by atomic mass is 10.3. The molecular weight excluding hydrogens is 234 g/mol. The molecule has 0 radical (unpaired) electrons. The van der Waals surface area contributed by atoms with E-state index < -0.39 is 12.1 Å². The topological polar surface area (TPSA) is 96.0 Å². The molecule has 1 aromatic heterocycles. The lowest BCUT2D eigenvalue weighted by Gasteiger charge is -2.13. The van der Waals surface area contributed by atoms with E-state index in [9.17, 15) is 9.59 Å². The highest BCUT2D eigenvalue weighted by atomic mass is 16.2. The smallest absolute Gasteiger partial charge is 0.321 e. The van der Waals surface area contributed by atoms with E-state index in [0.29, 0.717) is 13.1 Å². The Balaban J connectivity index is 2.34. The Morgan fingerprint density at radius 2 is 2.22 bits per heavy atom. The molecule has 0 bridgehead atoms. The fourth-order valence-corrected chi connectivity index (χ4v) is 1.20. The summed E-state index contributed by atoms with van der Waals surface area (Å²) in [4.78, 5) is 30.5. The first-order valence-electron chi connectivity index (χ1n) is 5.70. The average Bonchev–Trinajstić information content (AvgIpc) is 2.37. The van der Waals surface area contributed by atoms with Gasteiger partial charge in [0.15, 0.2) is 0 Å². The fourth-order valence-electron chi connectivity index (χ4n) is 1.20. The van der Waals surface area contributed by atoms with Crippen LogP contribution in [-0.2, 0) is 11.3 Å². The molecule has 0 saturated heterocycles. The minimum absolute atomic E-state index is 0.380. The van der Waals surface area contributed by atoms with Gasteiger partial charge < -0.3 is 10.6 Å². The SMILES string of the molecule is CCNC(=O)NC(=O)C(C)NCc1ccncn1. The number of aromatic nitrogens is 2. The van der Waals surface area contributed by atoms with Gasteiger partial charge in [-0.1, -0.05) is 0 Å². The van der Waals surface area contributed by atoms with Crippen molar-refractivity contribution < 1.29 is 9.59 Å². The number of carbonyl (C=O) groups excluding carboxylic acids is 2. The molecule has 0 aliphatic heterocycles. The average molecular weight is 251 g/mol.